The number of ether oxygens (including phenoxy) is 1. The molecule has 8 heteroatoms. The molecule has 0 spiro atoms. The molecule has 2 N–H and O–H groups in total. The van der Waals surface area contributed by atoms with Crippen LogP contribution in [0.15, 0.2) is 24.3 Å². The minimum Gasteiger partial charge on any atom is -0.448 e. The van der Waals surface area contributed by atoms with E-state index in [0.717, 1.165) is 0 Å². The zero-order valence-electron chi connectivity index (χ0n) is 11.4. The molecule has 0 saturated carbocycles. The Balaban J connectivity index is 2.27. The minimum atomic E-state index is -1.03. The van der Waals surface area contributed by atoms with Gasteiger partial charge in [0.25, 0.3) is 5.91 Å². The van der Waals surface area contributed by atoms with Crippen molar-refractivity contribution in [1.29, 1.82) is 0 Å². The van der Waals surface area contributed by atoms with E-state index in [1.807, 2.05) is 0 Å². The SMILES string of the molecule is Cc1nn(-c2cccc(Cl)c2)nc1C(=O)O[C@H](C)C(N)=O. The number of hydrogen-bond acceptors (Lipinski definition) is 5. The Bertz CT molecular complexity index is 698. The van der Waals surface area contributed by atoms with Gasteiger partial charge in [0.05, 0.1) is 11.4 Å². The highest BCUT2D eigenvalue weighted by Crippen LogP contribution is 2.15. The summed E-state index contributed by atoms with van der Waals surface area (Å²) in [5.74, 6) is -1.49. The Morgan fingerprint density at radius 2 is 2.10 bits per heavy atom. The van der Waals surface area contributed by atoms with Crippen LogP contribution in [0.3, 0.4) is 0 Å². The third-order valence-corrected chi connectivity index (χ3v) is 2.93. The third-order valence-electron chi connectivity index (χ3n) is 2.70. The van der Waals surface area contributed by atoms with Crippen LogP contribution in [-0.4, -0.2) is 33.0 Å². The summed E-state index contributed by atoms with van der Waals surface area (Å²) in [7, 11) is 0. The van der Waals surface area contributed by atoms with E-state index in [0.29, 0.717) is 16.4 Å². The molecule has 0 aliphatic carbocycles. The molecule has 1 amide bonds. The quantitative estimate of drug-likeness (QED) is 0.857. The van der Waals surface area contributed by atoms with Crippen LogP contribution in [0.4, 0.5) is 0 Å². The molecule has 21 heavy (non-hydrogen) atoms. The van der Waals surface area contributed by atoms with Crippen molar-refractivity contribution in [3.8, 4) is 5.69 Å². The summed E-state index contributed by atoms with van der Waals surface area (Å²) >= 11 is 5.90. The van der Waals surface area contributed by atoms with Crippen LogP contribution in [-0.2, 0) is 9.53 Å². The van der Waals surface area contributed by atoms with Gasteiger partial charge in [0.1, 0.15) is 0 Å². The van der Waals surface area contributed by atoms with Crippen molar-refractivity contribution >= 4 is 23.5 Å². The third kappa shape index (κ3) is 3.38. The number of nitrogens with zero attached hydrogens (tertiary/aromatic N) is 3. The van der Waals surface area contributed by atoms with Gasteiger partial charge in [-0.05, 0) is 32.0 Å². The second-order valence-electron chi connectivity index (χ2n) is 4.35. The van der Waals surface area contributed by atoms with Gasteiger partial charge in [0, 0.05) is 5.02 Å². The first kappa shape index (κ1) is 15.0. The van der Waals surface area contributed by atoms with E-state index in [9.17, 15) is 9.59 Å². The van der Waals surface area contributed by atoms with E-state index in [-0.39, 0.29) is 5.69 Å². The monoisotopic (exact) mass is 308 g/mol. The van der Waals surface area contributed by atoms with E-state index >= 15 is 0 Å². The van der Waals surface area contributed by atoms with E-state index in [2.05, 4.69) is 10.2 Å². The molecule has 0 aliphatic heterocycles. The predicted octanol–water partition coefficient (Wildman–Crippen LogP) is 1.26. The van der Waals surface area contributed by atoms with Crippen LogP contribution in [0.2, 0.25) is 5.02 Å². The fourth-order valence-corrected chi connectivity index (χ4v) is 1.74. The van der Waals surface area contributed by atoms with Gasteiger partial charge in [-0.25, -0.2) is 4.79 Å². The van der Waals surface area contributed by atoms with Gasteiger partial charge in [-0.15, -0.1) is 5.10 Å². The number of benzene rings is 1. The lowest BCUT2D eigenvalue weighted by Crippen LogP contribution is -2.30. The molecule has 0 fully saturated rings. The smallest absolute Gasteiger partial charge is 0.361 e. The van der Waals surface area contributed by atoms with Gasteiger partial charge in [0.15, 0.2) is 11.8 Å². The number of halogens is 1. The minimum absolute atomic E-state index is 0.0167. The number of hydrogen-bond donors (Lipinski definition) is 1. The molecule has 7 nitrogen and oxygen atoms in total. The lowest BCUT2D eigenvalue weighted by Gasteiger charge is -2.07. The van der Waals surface area contributed by atoms with Crippen molar-refractivity contribution < 1.29 is 14.3 Å². The molecular weight excluding hydrogens is 296 g/mol. The second kappa shape index (κ2) is 5.92. The van der Waals surface area contributed by atoms with Crippen LogP contribution in [0, 0.1) is 6.92 Å². The Kier molecular flexibility index (Phi) is 4.23. The number of carbonyl (C=O) groups is 2. The first-order chi connectivity index (χ1) is 9.88. The Hall–Kier alpha value is -2.41. The van der Waals surface area contributed by atoms with E-state index in [1.165, 1.54) is 11.7 Å². The number of carbonyl (C=O) groups excluding carboxylic acids is 2. The molecule has 0 saturated heterocycles. The maximum absolute atomic E-state index is 11.9. The maximum atomic E-state index is 11.9. The molecule has 1 aromatic carbocycles. The molecule has 2 aromatic rings. The zero-order chi connectivity index (χ0) is 15.6. The average Bonchev–Trinajstić information content (AvgIpc) is 2.80. The largest absolute Gasteiger partial charge is 0.448 e. The highest BCUT2D eigenvalue weighted by molar-refractivity contribution is 6.30. The molecule has 0 unspecified atom stereocenters. The van der Waals surface area contributed by atoms with Crippen LogP contribution in [0.1, 0.15) is 23.1 Å². The van der Waals surface area contributed by atoms with E-state index < -0.39 is 18.0 Å². The zero-order valence-corrected chi connectivity index (χ0v) is 12.2. The van der Waals surface area contributed by atoms with Gasteiger partial charge < -0.3 is 10.5 Å². The van der Waals surface area contributed by atoms with Gasteiger partial charge >= 0.3 is 5.97 Å². The fourth-order valence-electron chi connectivity index (χ4n) is 1.56. The Morgan fingerprint density at radius 1 is 1.38 bits per heavy atom. The number of esters is 1. The van der Waals surface area contributed by atoms with Crippen molar-refractivity contribution in [2.45, 2.75) is 20.0 Å². The highest BCUT2D eigenvalue weighted by Gasteiger charge is 2.22. The van der Waals surface area contributed by atoms with Crippen molar-refractivity contribution in [2.24, 2.45) is 5.73 Å². The summed E-state index contributed by atoms with van der Waals surface area (Å²) < 4.78 is 4.90. The lowest BCUT2D eigenvalue weighted by molar-refractivity contribution is -0.125. The van der Waals surface area contributed by atoms with Gasteiger partial charge in [-0.2, -0.15) is 9.90 Å². The van der Waals surface area contributed by atoms with Crippen molar-refractivity contribution in [3.63, 3.8) is 0 Å². The fraction of sp³-hybridized carbons (Fsp3) is 0.231. The average molecular weight is 309 g/mol. The summed E-state index contributed by atoms with van der Waals surface area (Å²) in [5.41, 5.74) is 6.03. The number of aryl methyl sites for hydroxylation is 1. The molecule has 1 heterocycles. The standard InChI is InChI=1S/C13H13ClN4O3/c1-7-11(13(20)21-8(2)12(15)19)17-18(16-7)10-5-3-4-9(14)6-10/h3-6,8H,1-2H3,(H2,15,19)/t8-/m1/s1. The van der Waals surface area contributed by atoms with Crippen LogP contribution in [0.25, 0.3) is 5.69 Å². The number of aromatic nitrogens is 3. The van der Waals surface area contributed by atoms with Crippen molar-refractivity contribution in [3.05, 3.63) is 40.7 Å². The molecule has 2 rings (SSSR count). The summed E-state index contributed by atoms with van der Waals surface area (Å²) in [6.45, 7) is 3.00. The molecule has 0 radical (unpaired) electrons. The number of rotatable bonds is 4. The van der Waals surface area contributed by atoms with Gasteiger partial charge in [0.2, 0.25) is 0 Å². The molecule has 110 valence electrons. The lowest BCUT2D eigenvalue weighted by atomic mass is 10.3. The van der Waals surface area contributed by atoms with Crippen molar-refractivity contribution in [1.82, 2.24) is 15.0 Å². The number of nitrogens with two attached hydrogens (primary N) is 1. The summed E-state index contributed by atoms with van der Waals surface area (Å²) in [6.07, 6.45) is -1.03. The molecule has 0 aliphatic rings. The molecule has 1 aromatic heterocycles. The highest BCUT2D eigenvalue weighted by atomic mass is 35.5. The summed E-state index contributed by atoms with van der Waals surface area (Å²) in [4.78, 5) is 24.1. The van der Waals surface area contributed by atoms with Crippen LogP contribution >= 0.6 is 11.6 Å². The second-order valence-corrected chi connectivity index (χ2v) is 4.79. The molecular formula is C13H13ClN4O3. The van der Waals surface area contributed by atoms with E-state index in [4.69, 9.17) is 22.1 Å². The number of amides is 1. The van der Waals surface area contributed by atoms with Gasteiger partial charge in [-0.1, -0.05) is 17.7 Å². The first-order valence-corrected chi connectivity index (χ1v) is 6.46. The van der Waals surface area contributed by atoms with E-state index in [1.54, 1.807) is 31.2 Å². The maximum Gasteiger partial charge on any atom is 0.361 e. The summed E-state index contributed by atoms with van der Waals surface area (Å²) in [5, 5.41) is 8.70. The summed E-state index contributed by atoms with van der Waals surface area (Å²) in [6, 6.07) is 6.85. The van der Waals surface area contributed by atoms with Crippen molar-refractivity contribution in [2.75, 3.05) is 0 Å². The van der Waals surface area contributed by atoms with Crippen LogP contribution in [0.5, 0.6) is 0 Å². The first-order valence-electron chi connectivity index (χ1n) is 6.08. The molecule has 1 atom stereocenters. The van der Waals surface area contributed by atoms with Crippen LogP contribution < -0.4 is 5.73 Å². The topological polar surface area (TPSA) is 100 Å². The Morgan fingerprint density at radius 3 is 2.71 bits per heavy atom. The predicted molar refractivity (Wildman–Crippen MR) is 75.2 cm³/mol. The number of primary amides is 1. The Labute approximate surface area is 125 Å². The van der Waals surface area contributed by atoms with Gasteiger partial charge in [-0.3, -0.25) is 4.79 Å². The normalized spacial score (nSPS) is 12.0. The molecule has 0 bridgehead atoms.